The van der Waals surface area contributed by atoms with Crippen molar-refractivity contribution < 1.29 is 4.79 Å². The van der Waals surface area contributed by atoms with Crippen molar-refractivity contribution in [1.82, 2.24) is 30.1 Å². The molecule has 2 aromatic carbocycles. The van der Waals surface area contributed by atoms with Gasteiger partial charge in [-0.3, -0.25) is 9.78 Å². The number of tetrazole rings is 1. The molecule has 0 aliphatic carbocycles. The molecule has 3 heterocycles. The number of carbonyl (C=O) groups excluding carboxylic acids is 1. The average Bonchev–Trinajstić information content (AvgIpc) is 3.33. The first-order valence-corrected chi connectivity index (χ1v) is 10.8. The van der Waals surface area contributed by atoms with E-state index in [0.29, 0.717) is 13.0 Å². The highest BCUT2D eigenvalue weighted by atomic mass is 16.2. The summed E-state index contributed by atoms with van der Waals surface area (Å²) in [7, 11) is 0. The number of pyridine rings is 1. The Morgan fingerprint density at radius 1 is 0.812 bits per heavy atom. The number of amides is 1. The number of hydrogen-bond acceptors (Lipinski definition) is 5. The van der Waals surface area contributed by atoms with Crippen LogP contribution in [0.1, 0.15) is 41.0 Å². The third-order valence-corrected chi connectivity index (χ3v) is 5.95. The van der Waals surface area contributed by atoms with Crippen LogP contribution in [0.4, 0.5) is 0 Å². The minimum absolute atomic E-state index is 0.0376. The molecule has 32 heavy (non-hydrogen) atoms. The Morgan fingerprint density at radius 2 is 1.53 bits per heavy atom. The van der Waals surface area contributed by atoms with E-state index in [1.54, 1.807) is 10.9 Å². The van der Waals surface area contributed by atoms with Crippen molar-refractivity contribution in [3.8, 4) is 0 Å². The largest absolute Gasteiger partial charge is 0.326 e. The number of benzene rings is 2. The summed E-state index contributed by atoms with van der Waals surface area (Å²) in [4.78, 5) is 20.0. The SMILES string of the molecule is O=C1C(Cc2ccccc2)n2nnnc2C(CCc2ccccc2)N1Cc1cccnc1. The molecule has 1 aliphatic rings. The molecular weight excluding hydrogens is 400 g/mol. The van der Waals surface area contributed by atoms with Crippen LogP contribution < -0.4 is 0 Å². The van der Waals surface area contributed by atoms with Gasteiger partial charge >= 0.3 is 0 Å². The van der Waals surface area contributed by atoms with Crippen LogP contribution in [0, 0.1) is 0 Å². The Kier molecular flexibility index (Phi) is 5.70. The van der Waals surface area contributed by atoms with Gasteiger partial charge in [0.2, 0.25) is 5.91 Å². The summed E-state index contributed by atoms with van der Waals surface area (Å²) in [5, 5.41) is 12.5. The van der Waals surface area contributed by atoms with Crippen LogP contribution in [0.5, 0.6) is 0 Å². The standard InChI is InChI=1S/C25H24N6O/c32-25-23(16-20-10-5-2-6-11-20)31-24(27-28-29-31)22(14-13-19-8-3-1-4-9-19)30(25)18-21-12-7-15-26-17-21/h1-12,15,17,22-23H,13-14,16,18H2. The zero-order chi connectivity index (χ0) is 21.8. The lowest BCUT2D eigenvalue weighted by molar-refractivity contribution is -0.141. The molecule has 0 N–H and O–H groups in total. The van der Waals surface area contributed by atoms with Gasteiger partial charge in [-0.2, -0.15) is 0 Å². The predicted molar refractivity (Wildman–Crippen MR) is 119 cm³/mol. The molecule has 0 fully saturated rings. The van der Waals surface area contributed by atoms with Crippen molar-refractivity contribution in [2.45, 2.75) is 37.9 Å². The van der Waals surface area contributed by atoms with Crippen LogP contribution >= 0.6 is 0 Å². The molecule has 0 saturated carbocycles. The number of rotatable bonds is 7. The van der Waals surface area contributed by atoms with Crippen molar-refractivity contribution in [2.24, 2.45) is 0 Å². The first-order valence-electron chi connectivity index (χ1n) is 10.8. The normalized spacial score (nSPS) is 17.9. The number of hydrogen-bond donors (Lipinski definition) is 0. The minimum Gasteiger partial charge on any atom is -0.326 e. The molecule has 7 heteroatoms. The lowest BCUT2D eigenvalue weighted by atomic mass is 9.96. The smallest absolute Gasteiger partial charge is 0.248 e. The van der Waals surface area contributed by atoms with Gasteiger partial charge < -0.3 is 4.90 Å². The minimum atomic E-state index is -0.466. The number of carbonyl (C=O) groups is 1. The fourth-order valence-corrected chi connectivity index (χ4v) is 4.35. The third kappa shape index (κ3) is 4.14. The highest BCUT2D eigenvalue weighted by Gasteiger charge is 2.41. The van der Waals surface area contributed by atoms with Crippen molar-refractivity contribution in [3.05, 3.63) is 108 Å². The maximum atomic E-state index is 13.8. The first-order chi connectivity index (χ1) is 15.8. The fourth-order valence-electron chi connectivity index (χ4n) is 4.35. The molecule has 160 valence electrons. The summed E-state index contributed by atoms with van der Waals surface area (Å²) in [6.07, 6.45) is 5.68. The van der Waals surface area contributed by atoms with E-state index in [4.69, 9.17) is 0 Å². The number of fused-ring (bicyclic) bond motifs is 1. The maximum absolute atomic E-state index is 13.8. The van der Waals surface area contributed by atoms with E-state index < -0.39 is 6.04 Å². The van der Waals surface area contributed by atoms with E-state index in [0.717, 1.165) is 29.8 Å². The van der Waals surface area contributed by atoms with E-state index in [2.05, 4.69) is 32.6 Å². The summed E-state index contributed by atoms with van der Waals surface area (Å²) in [5.74, 6) is 0.779. The van der Waals surface area contributed by atoms with Gasteiger partial charge in [0.05, 0.1) is 6.04 Å². The molecule has 2 atom stereocenters. The Morgan fingerprint density at radius 3 is 2.25 bits per heavy atom. The highest BCUT2D eigenvalue weighted by Crippen LogP contribution is 2.35. The molecule has 5 rings (SSSR count). The van der Waals surface area contributed by atoms with Crippen molar-refractivity contribution in [3.63, 3.8) is 0 Å². The lowest BCUT2D eigenvalue weighted by Gasteiger charge is -2.38. The van der Waals surface area contributed by atoms with Crippen LogP contribution in [0.15, 0.2) is 85.2 Å². The van der Waals surface area contributed by atoms with Crippen molar-refractivity contribution >= 4 is 5.91 Å². The molecule has 1 amide bonds. The average molecular weight is 425 g/mol. The second kappa shape index (κ2) is 9.09. The van der Waals surface area contributed by atoms with Gasteiger partial charge in [0.1, 0.15) is 6.04 Å². The second-order valence-corrected chi connectivity index (χ2v) is 8.05. The van der Waals surface area contributed by atoms with Crippen LogP contribution in [-0.2, 0) is 24.2 Å². The topological polar surface area (TPSA) is 76.8 Å². The fraction of sp³-hybridized carbons (Fsp3) is 0.240. The molecule has 2 unspecified atom stereocenters. The molecule has 4 aromatic rings. The van der Waals surface area contributed by atoms with Gasteiger partial charge in [0, 0.05) is 25.4 Å². The molecule has 0 radical (unpaired) electrons. The monoisotopic (exact) mass is 424 g/mol. The molecule has 7 nitrogen and oxygen atoms in total. The summed E-state index contributed by atoms with van der Waals surface area (Å²) in [6, 6.07) is 23.5. The van der Waals surface area contributed by atoms with Crippen molar-refractivity contribution in [2.75, 3.05) is 0 Å². The van der Waals surface area contributed by atoms with Gasteiger partial charge in [0.15, 0.2) is 5.82 Å². The van der Waals surface area contributed by atoms with Gasteiger partial charge in [-0.25, -0.2) is 4.68 Å². The van der Waals surface area contributed by atoms with Gasteiger partial charge in [-0.05, 0) is 46.0 Å². The van der Waals surface area contributed by atoms with Crippen LogP contribution in [0.2, 0.25) is 0 Å². The Bertz CT molecular complexity index is 1160. The van der Waals surface area contributed by atoms with E-state index >= 15 is 0 Å². The molecule has 1 aliphatic heterocycles. The van der Waals surface area contributed by atoms with Gasteiger partial charge in [-0.15, -0.1) is 5.10 Å². The molecule has 0 bridgehead atoms. The first kappa shape index (κ1) is 20.1. The molecule has 0 saturated heterocycles. The Balaban J connectivity index is 1.48. The van der Waals surface area contributed by atoms with Crippen molar-refractivity contribution in [1.29, 1.82) is 0 Å². The van der Waals surface area contributed by atoms with E-state index in [-0.39, 0.29) is 11.9 Å². The summed E-state index contributed by atoms with van der Waals surface area (Å²) >= 11 is 0. The number of aromatic nitrogens is 5. The zero-order valence-corrected chi connectivity index (χ0v) is 17.7. The quantitative estimate of drug-likeness (QED) is 0.453. The molecule has 2 aromatic heterocycles. The highest BCUT2D eigenvalue weighted by molar-refractivity contribution is 5.82. The molecular formula is C25H24N6O. The Labute approximate surface area is 186 Å². The Hall–Kier alpha value is -3.87. The molecule has 0 spiro atoms. The third-order valence-electron chi connectivity index (χ3n) is 5.95. The summed E-state index contributed by atoms with van der Waals surface area (Å²) in [5.41, 5.74) is 3.30. The maximum Gasteiger partial charge on any atom is 0.248 e. The van der Waals surface area contributed by atoms with Crippen LogP contribution in [-0.4, -0.2) is 36.0 Å². The summed E-state index contributed by atoms with van der Waals surface area (Å²) in [6.45, 7) is 0.476. The van der Waals surface area contributed by atoms with Crippen LogP contribution in [0.25, 0.3) is 0 Å². The van der Waals surface area contributed by atoms with Crippen LogP contribution in [0.3, 0.4) is 0 Å². The van der Waals surface area contributed by atoms with Gasteiger partial charge in [0.25, 0.3) is 0 Å². The summed E-state index contributed by atoms with van der Waals surface area (Å²) < 4.78 is 1.73. The lowest BCUT2D eigenvalue weighted by Crippen LogP contribution is -2.46. The van der Waals surface area contributed by atoms with E-state index in [1.807, 2.05) is 71.8 Å². The second-order valence-electron chi connectivity index (χ2n) is 8.05. The van der Waals surface area contributed by atoms with E-state index in [9.17, 15) is 4.79 Å². The zero-order valence-electron chi connectivity index (χ0n) is 17.7. The predicted octanol–water partition coefficient (Wildman–Crippen LogP) is 3.57. The number of aryl methyl sites for hydroxylation is 1. The van der Waals surface area contributed by atoms with Gasteiger partial charge in [-0.1, -0.05) is 66.7 Å². The van der Waals surface area contributed by atoms with E-state index in [1.165, 1.54) is 5.56 Å². The number of nitrogens with zero attached hydrogens (tertiary/aromatic N) is 6.